The molecule has 0 atom stereocenters. The molecule has 0 aromatic heterocycles. The van der Waals surface area contributed by atoms with Gasteiger partial charge in [0.05, 0.1) is 10.6 Å². The van der Waals surface area contributed by atoms with Crippen LogP contribution in [0.1, 0.15) is 5.56 Å². The summed E-state index contributed by atoms with van der Waals surface area (Å²) in [5.41, 5.74) is 5.56. The van der Waals surface area contributed by atoms with E-state index >= 15 is 0 Å². The minimum atomic E-state index is -0.521. The third-order valence-electron chi connectivity index (χ3n) is 2.28. The summed E-state index contributed by atoms with van der Waals surface area (Å²) >= 11 is 10.8. The molecule has 0 radical (unpaired) electrons. The number of halogens is 2. The lowest BCUT2D eigenvalue weighted by Gasteiger charge is -2.11. The predicted molar refractivity (Wildman–Crippen MR) is 73.8 cm³/mol. The van der Waals surface area contributed by atoms with Gasteiger partial charge in [-0.15, -0.1) is 0 Å². The Labute approximate surface area is 114 Å². The molecule has 0 aliphatic rings. The minimum absolute atomic E-state index is 0.0600. The molecular weight excluding hydrogens is 273 g/mol. The zero-order chi connectivity index (χ0) is 13.1. The van der Waals surface area contributed by atoms with E-state index in [1.165, 1.54) is 12.1 Å². The molecule has 0 aliphatic carbocycles. The summed E-state index contributed by atoms with van der Waals surface area (Å²) < 4.78 is 19.2. The molecule has 2 nitrogen and oxygen atoms in total. The molecule has 0 bridgehead atoms. The lowest BCUT2D eigenvalue weighted by atomic mass is 10.2. The Bertz CT molecular complexity index is 603. The van der Waals surface area contributed by atoms with Crippen molar-refractivity contribution in [3.05, 3.63) is 58.9 Å². The van der Waals surface area contributed by atoms with Gasteiger partial charge in [-0.3, -0.25) is 0 Å². The summed E-state index contributed by atoms with van der Waals surface area (Å²) in [6, 6.07) is 11.3. The fourth-order valence-corrected chi connectivity index (χ4v) is 1.85. The Hall–Kier alpha value is -1.65. The van der Waals surface area contributed by atoms with E-state index in [9.17, 15) is 4.39 Å². The lowest BCUT2D eigenvalue weighted by molar-refractivity contribution is 0.475. The second-order valence-corrected chi connectivity index (χ2v) is 4.36. The van der Waals surface area contributed by atoms with E-state index < -0.39 is 5.82 Å². The predicted octanol–water partition coefficient (Wildman–Crippen LogP) is 3.91. The largest absolute Gasteiger partial charge is 0.455 e. The van der Waals surface area contributed by atoms with Gasteiger partial charge >= 0.3 is 0 Å². The maximum atomic E-state index is 13.6. The van der Waals surface area contributed by atoms with Crippen LogP contribution < -0.4 is 10.5 Å². The highest BCUT2D eigenvalue weighted by atomic mass is 35.5. The number of thiocarbonyl (C=S) groups is 1. The van der Waals surface area contributed by atoms with Crippen molar-refractivity contribution in [1.29, 1.82) is 0 Å². The third-order valence-corrected chi connectivity index (χ3v) is 2.79. The summed E-state index contributed by atoms with van der Waals surface area (Å²) in [5, 5.41) is 0.427. The molecule has 0 spiro atoms. The number of nitrogens with two attached hydrogens (primary N) is 1. The van der Waals surface area contributed by atoms with Crippen LogP contribution in [0.25, 0.3) is 0 Å². The molecule has 0 aliphatic heterocycles. The SMILES string of the molecule is NC(=S)c1c(F)cccc1Oc1ccccc1Cl. The van der Waals surface area contributed by atoms with E-state index in [4.69, 9.17) is 34.3 Å². The monoisotopic (exact) mass is 281 g/mol. The van der Waals surface area contributed by atoms with Gasteiger partial charge in [0.2, 0.25) is 0 Å². The number of ether oxygens (including phenoxy) is 1. The van der Waals surface area contributed by atoms with Gasteiger partial charge in [-0.2, -0.15) is 0 Å². The van der Waals surface area contributed by atoms with Crippen molar-refractivity contribution in [3.63, 3.8) is 0 Å². The second-order valence-electron chi connectivity index (χ2n) is 3.51. The van der Waals surface area contributed by atoms with Crippen molar-refractivity contribution in [3.8, 4) is 11.5 Å². The van der Waals surface area contributed by atoms with Crippen molar-refractivity contribution >= 4 is 28.8 Å². The zero-order valence-corrected chi connectivity index (χ0v) is 10.8. The summed E-state index contributed by atoms with van der Waals surface area (Å²) in [6.07, 6.45) is 0. The second kappa shape index (κ2) is 5.33. The third kappa shape index (κ3) is 2.60. The Morgan fingerprint density at radius 1 is 1.11 bits per heavy atom. The van der Waals surface area contributed by atoms with Crippen LogP contribution in [0.3, 0.4) is 0 Å². The van der Waals surface area contributed by atoms with Gasteiger partial charge in [0.15, 0.2) is 0 Å². The fraction of sp³-hybridized carbons (Fsp3) is 0. The summed E-state index contributed by atoms with van der Waals surface area (Å²) in [5.74, 6) is 0.143. The zero-order valence-electron chi connectivity index (χ0n) is 9.19. The Balaban J connectivity index is 2.44. The Kier molecular flexibility index (Phi) is 3.79. The van der Waals surface area contributed by atoms with Crippen molar-refractivity contribution in [2.75, 3.05) is 0 Å². The standard InChI is InChI=1S/C13H9ClFNOS/c14-8-4-1-2-6-10(8)17-11-7-3-5-9(15)12(11)13(16)18/h1-7H,(H2,16,18). The smallest absolute Gasteiger partial charge is 0.146 e. The topological polar surface area (TPSA) is 35.2 Å². The molecule has 2 aromatic carbocycles. The highest BCUT2D eigenvalue weighted by Crippen LogP contribution is 2.31. The highest BCUT2D eigenvalue weighted by Gasteiger charge is 2.13. The summed E-state index contributed by atoms with van der Waals surface area (Å²) in [6.45, 7) is 0. The van der Waals surface area contributed by atoms with E-state index in [0.29, 0.717) is 10.8 Å². The van der Waals surface area contributed by atoms with Gasteiger partial charge in [0.1, 0.15) is 22.3 Å². The molecule has 2 rings (SSSR count). The van der Waals surface area contributed by atoms with Gasteiger partial charge in [-0.1, -0.05) is 42.0 Å². The fourth-order valence-electron chi connectivity index (χ4n) is 1.47. The number of para-hydroxylation sites is 1. The summed E-state index contributed by atoms with van der Waals surface area (Å²) in [4.78, 5) is -0.0600. The van der Waals surface area contributed by atoms with E-state index in [1.54, 1.807) is 30.3 Å². The molecule has 5 heteroatoms. The molecule has 18 heavy (non-hydrogen) atoms. The highest BCUT2D eigenvalue weighted by molar-refractivity contribution is 7.80. The van der Waals surface area contributed by atoms with Crippen LogP contribution >= 0.6 is 23.8 Å². The van der Waals surface area contributed by atoms with Crippen molar-refractivity contribution in [2.24, 2.45) is 5.73 Å². The lowest BCUT2D eigenvalue weighted by Crippen LogP contribution is -2.13. The normalized spacial score (nSPS) is 10.1. The van der Waals surface area contributed by atoms with Crippen molar-refractivity contribution < 1.29 is 9.13 Å². The van der Waals surface area contributed by atoms with Gasteiger partial charge in [0.25, 0.3) is 0 Å². The van der Waals surface area contributed by atoms with Gasteiger partial charge in [0, 0.05) is 0 Å². The van der Waals surface area contributed by atoms with Crippen molar-refractivity contribution in [1.82, 2.24) is 0 Å². The van der Waals surface area contributed by atoms with Gasteiger partial charge in [-0.25, -0.2) is 4.39 Å². The quantitative estimate of drug-likeness (QED) is 0.867. The van der Waals surface area contributed by atoms with E-state index in [0.717, 1.165) is 0 Å². The molecule has 0 unspecified atom stereocenters. The first-order valence-electron chi connectivity index (χ1n) is 5.10. The van der Waals surface area contributed by atoms with Crippen LogP contribution in [0.15, 0.2) is 42.5 Å². The average Bonchev–Trinajstić information content (AvgIpc) is 2.31. The maximum Gasteiger partial charge on any atom is 0.146 e. The van der Waals surface area contributed by atoms with Crippen LogP contribution in [-0.2, 0) is 0 Å². The minimum Gasteiger partial charge on any atom is -0.455 e. The molecule has 0 heterocycles. The maximum absolute atomic E-state index is 13.6. The van der Waals surface area contributed by atoms with E-state index in [1.807, 2.05) is 0 Å². The average molecular weight is 282 g/mol. The van der Waals surface area contributed by atoms with Gasteiger partial charge in [-0.05, 0) is 24.3 Å². The number of hydrogen-bond donors (Lipinski definition) is 1. The molecule has 2 aromatic rings. The molecular formula is C13H9ClFNOS. The molecule has 2 N–H and O–H groups in total. The summed E-state index contributed by atoms with van der Waals surface area (Å²) in [7, 11) is 0. The molecule has 0 saturated heterocycles. The number of hydrogen-bond acceptors (Lipinski definition) is 2. The van der Waals surface area contributed by atoms with Crippen molar-refractivity contribution in [2.45, 2.75) is 0 Å². The molecule has 0 saturated carbocycles. The van der Waals surface area contributed by atoms with Crippen LogP contribution in [0.4, 0.5) is 4.39 Å². The first-order valence-corrected chi connectivity index (χ1v) is 5.89. The first kappa shape index (κ1) is 12.8. The Morgan fingerprint density at radius 3 is 2.44 bits per heavy atom. The first-order chi connectivity index (χ1) is 8.59. The van der Waals surface area contributed by atoms with Crippen LogP contribution in [0.5, 0.6) is 11.5 Å². The van der Waals surface area contributed by atoms with Crippen LogP contribution in [0.2, 0.25) is 5.02 Å². The molecule has 92 valence electrons. The molecule has 0 fully saturated rings. The van der Waals surface area contributed by atoms with Gasteiger partial charge < -0.3 is 10.5 Å². The van der Waals surface area contributed by atoms with Crippen LogP contribution in [0, 0.1) is 5.82 Å². The van der Waals surface area contributed by atoms with E-state index in [2.05, 4.69) is 0 Å². The number of rotatable bonds is 3. The Morgan fingerprint density at radius 2 is 1.78 bits per heavy atom. The molecule has 0 amide bonds. The van der Waals surface area contributed by atoms with E-state index in [-0.39, 0.29) is 16.3 Å². The van der Waals surface area contributed by atoms with Crippen LogP contribution in [-0.4, -0.2) is 4.99 Å². The number of benzene rings is 2.